The minimum atomic E-state index is -0.956. The Labute approximate surface area is 216 Å². The van der Waals surface area contributed by atoms with Crippen molar-refractivity contribution >= 4 is 17.8 Å². The van der Waals surface area contributed by atoms with Crippen molar-refractivity contribution in [1.82, 2.24) is 10.6 Å². The number of hydrogen-bond acceptors (Lipinski definition) is 6. The summed E-state index contributed by atoms with van der Waals surface area (Å²) in [5.41, 5.74) is 0.275. The van der Waals surface area contributed by atoms with Crippen LogP contribution in [0.3, 0.4) is 0 Å². The van der Waals surface area contributed by atoms with Crippen molar-refractivity contribution in [3.05, 3.63) is 24.0 Å². The second-order valence-corrected chi connectivity index (χ2v) is 8.94. The van der Waals surface area contributed by atoms with Crippen molar-refractivity contribution < 1.29 is 34.1 Å². The highest BCUT2D eigenvalue weighted by molar-refractivity contribution is 5.86. The molecule has 0 spiro atoms. The van der Waals surface area contributed by atoms with Crippen molar-refractivity contribution in [1.29, 1.82) is 0 Å². The van der Waals surface area contributed by atoms with Crippen LogP contribution in [0.25, 0.3) is 0 Å². The van der Waals surface area contributed by atoms with Gasteiger partial charge >= 0.3 is 5.97 Å². The average molecular weight is 513 g/mol. The summed E-state index contributed by atoms with van der Waals surface area (Å²) in [6.45, 7) is 2.99. The lowest BCUT2D eigenvalue weighted by Gasteiger charge is -2.09. The number of aliphatic carboxylic acids is 1. The molecule has 0 bridgehead atoms. The van der Waals surface area contributed by atoms with E-state index in [9.17, 15) is 19.5 Å². The van der Waals surface area contributed by atoms with E-state index in [4.69, 9.17) is 9.84 Å². The van der Waals surface area contributed by atoms with Gasteiger partial charge in [0.05, 0.1) is 19.4 Å². The molecule has 0 aromatic rings. The molecule has 9 heteroatoms. The monoisotopic (exact) mass is 512 g/mol. The predicted molar refractivity (Wildman–Crippen MR) is 140 cm³/mol. The van der Waals surface area contributed by atoms with Gasteiger partial charge in [0, 0.05) is 32.1 Å². The average Bonchev–Trinajstić information content (AvgIpc) is 2.86. The molecule has 0 saturated carbocycles. The molecular weight excluding hydrogens is 464 g/mol. The van der Waals surface area contributed by atoms with Crippen LogP contribution >= 0.6 is 0 Å². The SMILES string of the molecule is COC(O)CNC(=O)CCCCCCCNC(=O)CCCCCCCCCOC=CC=C(C)C(=O)O. The van der Waals surface area contributed by atoms with Gasteiger partial charge in [0.2, 0.25) is 11.8 Å². The number of aliphatic hydroxyl groups is 1. The smallest absolute Gasteiger partial charge is 0.331 e. The maximum atomic E-state index is 11.9. The molecule has 0 aromatic heterocycles. The quantitative estimate of drug-likeness (QED) is 0.0500. The summed E-state index contributed by atoms with van der Waals surface area (Å²) in [6.07, 6.45) is 17.1. The van der Waals surface area contributed by atoms with E-state index < -0.39 is 12.3 Å². The summed E-state index contributed by atoms with van der Waals surface area (Å²) in [4.78, 5) is 34.1. The molecule has 0 rings (SSSR count). The standard InChI is InChI=1S/C27H48N2O7/c1-23(27(33)34)16-15-21-36-20-14-10-5-3-4-7-11-17-24(30)28-19-13-9-6-8-12-18-25(31)29-22-26(32)35-2/h15-16,21,26,32H,3-14,17-20,22H2,1-2H3,(H,28,30)(H,29,31)(H,33,34). The zero-order chi connectivity index (χ0) is 26.9. The Hall–Kier alpha value is -2.39. The Kier molecular flexibility index (Phi) is 22.7. The number of hydrogen-bond donors (Lipinski definition) is 4. The van der Waals surface area contributed by atoms with Crippen molar-refractivity contribution in [2.24, 2.45) is 0 Å². The molecule has 4 N–H and O–H groups in total. The van der Waals surface area contributed by atoms with Gasteiger partial charge in [-0.05, 0) is 44.8 Å². The first-order chi connectivity index (χ1) is 17.4. The van der Waals surface area contributed by atoms with Crippen molar-refractivity contribution in [2.75, 3.05) is 26.8 Å². The number of carbonyl (C=O) groups is 3. The molecule has 0 aliphatic rings. The van der Waals surface area contributed by atoms with E-state index in [0.717, 1.165) is 77.0 Å². The second kappa shape index (κ2) is 24.3. The molecule has 2 amide bonds. The first-order valence-electron chi connectivity index (χ1n) is 13.3. The van der Waals surface area contributed by atoms with Crippen LogP contribution in [0.1, 0.15) is 96.8 Å². The molecule has 0 heterocycles. The molecule has 9 nitrogen and oxygen atoms in total. The van der Waals surface area contributed by atoms with Crippen molar-refractivity contribution in [3.8, 4) is 0 Å². The summed E-state index contributed by atoms with van der Waals surface area (Å²) in [5.74, 6) is -0.873. The van der Waals surface area contributed by atoms with Crippen LogP contribution in [0, 0.1) is 0 Å². The number of methoxy groups -OCH3 is 1. The molecule has 208 valence electrons. The third kappa shape index (κ3) is 23.4. The molecule has 0 aliphatic heterocycles. The number of unbranched alkanes of at least 4 members (excludes halogenated alkanes) is 10. The van der Waals surface area contributed by atoms with E-state index in [-0.39, 0.29) is 23.9 Å². The van der Waals surface area contributed by atoms with E-state index in [2.05, 4.69) is 15.4 Å². The van der Waals surface area contributed by atoms with Gasteiger partial charge in [-0.15, -0.1) is 0 Å². The maximum absolute atomic E-state index is 11.9. The Balaban J connectivity index is 3.37. The number of carboxylic acids is 1. The van der Waals surface area contributed by atoms with Gasteiger partial charge in [0.25, 0.3) is 0 Å². The third-order valence-electron chi connectivity index (χ3n) is 5.67. The minimum Gasteiger partial charge on any atom is -0.501 e. The van der Waals surface area contributed by atoms with Crippen molar-refractivity contribution in [2.45, 2.75) is 103 Å². The van der Waals surface area contributed by atoms with Crippen LogP contribution in [-0.4, -0.2) is 61.1 Å². The lowest BCUT2D eigenvalue weighted by molar-refractivity contribution is -0.132. The number of carbonyl (C=O) groups excluding carboxylic acids is 2. The zero-order valence-electron chi connectivity index (χ0n) is 22.3. The van der Waals surface area contributed by atoms with Gasteiger partial charge in [0.1, 0.15) is 0 Å². The molecule has 0 aliphatic carbocycles. The number of nitrogens with one attached hydrogen (secondary N) is 2. The Morgan fingerprint density at radius 3 is 1.92 bits per heavy atom. The number of amides is 2. The number of aliphatic hydroxyl groups excluding tert-OH is 1. The highest BCUT2D eigenvalue weighted by Crippen LogP contribution is 2.09. The highest BCUT2D eigenvalue weighted by atomic mass is 16.6. The largest absolute Gasteiger partial charge is 0.501 e. The molecule has 1 atom stereocenters. The molecule has 0 saturated heterocycles. The predicted octanol–water partition coefficient (Wildman–Crippen LogP) is 4.21. The van der Waals surface area contributed by atoms with Crippen molar-refractivity contribution in [3.63, 3.8) is 0 Å². The number of rotatable bonds is 24. The molecule has 0 fully saturated rings. The fraction of sp³-hybridized carbons (Fsp3) is 0.741. The first-order valence-corrected chi connectivity index (χ1v) is 13.3. The number of ether oxygens (including phenoxy) is 2. The number of carboxylic acid groups (broad SMARTS) is 1. The van der Waals surface area contributed by atoms with Gasteiger partial charge in [0.15, 0.2) is 6.29 Å². The van der Waals surface area contributed by atoms with Crippen LogP contribution in [0.2, 0.25) is 0 Å². The molecule has 36 heavy (non-hydrogen) atoms. The van der Waals surface area contributed by atoms with E-state index >= 15 is 0 Å². The van der Waals surface area contributed by atoms with E-state index in [0.29, 0.717) is 26.0 Å². The van der Waals surface area contributed by atoms with E-state index in [1.165, 1.54) is 26.4 Å². The second-order valence-electron chi connectivity index (χ2n) is 8.94. The van der Waals surface area contributed by atoms with Gasteiger partial charge in [-0.25, -0.2) is 4.79 Å². The van der Waals surface area contributed by atoms with Crippen LogP contribution in [0.5, 0.6) is 0 Å². The Morgan fingerprint density at radius 1 is 0.806 bits per heavy atom. The topological polar surface area (TPSA) is 134 Å². The normalized spacial score (nSPS) is 12.5. The molecule has 0 aromatic carbocycles. The van der Waals surface area contributed by atoms with E-state index in [1.807, 2.05) is 0 Å². The fourth-order valence-electron chi connectivity index (χ4n) is 3.36. The minimum absolute atomic E-state index is 0.0722. The summed E-state index contributed by atoms with van der Waals surface area (Å²) in [7, 11) is 1.39. The molecule has 1 unspecified atom stereocenters. The Morgan fingerprint density at radius 2 is 1.33 bits per heavy atom. The van der Waals surface area contributed by atoms with Crippen LogP contribution in [-0.2, 0) is 23.9 Å². The lowest BCUT2D eigenvalue weighted by atomic mass is 10.1. The van der Waals surface area contributed by atoms with Gasteiger partial charge < -0.3 is 30.3 Å². The van der Waals surface area contributed by atoms with Crippen LogP contribution in [0.15, 0.2) is 24.0 Å². The van der Waals surface area contributed by atoms with Crippen LogP contribution < -0.4 is 10.6 Å². The van der Waals surface area contributed by atoms with Gasteiger partial charge in [-0.2, -0.15) is 0 Å². The van der Waals surface area contributed by atoms with Gasteiger partial charge in [-0.1, -0.05) is 51.4 Å². The highest BCUT2D eigenvalue weighted by Gasteiger charge is 2.05. The maximum Gasteiger partial charge on any atom is 0.331 e. The fourth-order valence-corrected chi connectivity index (χ4v) is 3.36. The van der Waals surface area contributed by atoms with E-state index in [1.54, 1.807) is 6.08 Å². The lowest BCUT2D eigenvalue weighted by Crippen LogP contribution is -2.32. The third-order valence-corrected chi connectivity index (χ3v) is 5.67. The summed E-state index contributed by atoms with van der Waals surface area (Å²) in [6, 6.07) is 0. The molecular formula is C27H48N2O7. The summed E-state index contributed by atoms with van der Waals surface area (Å²) in [5, 5.41) is 23.5. The summed E-state index contributed by atoms with van der Waals surface area (Å²) >= 11 is 0. The summed E-state index contributed by atoms with van der Waals surface area (Å²) < 4.78 is 10.0. The Bertz CT molecular complexity index is 650. The zero-order valence-corrected chi connectivity index (χ0v) is 22.3. The molecule has 0 radical (unpaired) electrons. The van der Waals surface area contributed by atoms with Gasteiger partial charge in [-0.3, -0.25) is 9.59 Å². The number of allylic oxidation sites excluding steroid dienone is 2. The first kappa shape index (κ1) is 33.6. The van der Waals surface area contributed by atoms with Crippen LogP contribution in [0.4, 0.5) is 0 Å².